The predicted molar refractivity (Wildman–Crippen MR) is 72.2 cm³/mol. The van der Waals surface area contributed by atoms with Crippen LogP contribution in [0.2, 0.25) is 0 Å². The fourth-order valence-corrected chi connectivity index (χ4v) is 3.39. The minimum Gasteiger partial charge on any atom is -0.392 e. The molecule has 2 rings (SSSR count). The SMILES string of the molecule is Cn1c(CN)nnc1SCC(O)CC1CCCC1. The first kappa shape index (κ1) is 13.8. The highest BCUT2D eigenvalue weighted by Gasteiger charge is 2.19. The van der Waals surface area contributed by atoms with E-state index in [1.807, 2.05) is 11.6 Å². The Morgan fingerprint density at radius 3 is 2.78 bits per heavy atom. The van der Waals surface area contributed by atoms with Gasteiger partial charge in [-0.15, -0.1) is 10.2 Å². The Morgan fingerprint density at radius 1 is 1.44 bits per heavy atom. The molecule has 1 aliphatic rings. The van der Waals surface area contributed by atoms with E-state index in [0.29, 0.717) is 12.3 Å². The van der Waals surface area contributed by atoms with Crippen molar-refractivity contribution >= 4 is 11.8 Å². The summed E-state index contributed by atoms with van der Waals surface area (Å²) in [5, 5.41) is 18.9. The maximum atomic E-state index is 10.0. The van der Waals surface area contributed by atoms with Gasteiger partial charge in [0.15, 0.2) is 5.16 Å². The van der Waals surface area contributed by atoms with E-state index in [2.05, 4.69) is 10.2 Å². The quantitative estimate of drug-likeness (QED) is 0.762. The van der Waals surface area contributed by atoms with E-state index < -0.39 is 0 Å². The monoisotopic (exact) mass is 270 g/mol. The lowest BCUT2D eigenvalue weighted by molar-refractivity contribution is 0.165. The maximum absolute atomic E-state index is 10.0. The molecular formula is C12H22N4OS. The molecule has 1 fully saturated rings. The molecule has 1 atom stereocenters. The molecule has 1 saturated carbocycles. The minimum absolute atomic E-state index is 0.240. The highest BCUT2D eigenvalue weighted by atomic mass is 32.2. The van der Waals surface area contributed by atoms with Crippen LogP contribution in [0.1, 0.15) is 37.9 Å². The van der Waals surface area contributed by atoms with E-state index >= 15 is 0 Å². The first-order valence-corrected chi connectivity index (χ1v) is 7.58. The number of aliphatic hydroxyl groups excluding tert-OH is 1. The van der Waals surface area contributed by atoms with Gasteiger partial charge in [-0.25, -0.2) is 0 Å². The third kappa shape index (κ3) is 3.46. The van der Waals surface area contributed by atoms with Crippen molar-refractivity contribution in [1.82, 2.24) is 14.8 Å². The summed E-state index contributed by atoms with van der Waals surface area (Å²) in [5.74, 6) is 2.19. The highest BCUT2D eigenvalue weighted by Crippen LogP contribution is 2.29. The van der Waals surface area contributed by atoms with Crippen LogP contribution >= 0.6 is 11.8 Å². The standard InChI is InChI=1S/C12H22N4OS/c1-16-11(7-13)14-15-12(16)18-8-10(17)6-9-4-2-3-5-9/h9-10,17H,2-8,13H2,1H3. The van der Waals surface area contributed by atoms with Crippen LogP contribution in [0.3, 0.4) is 0 Å². The average molecular weight is 270 g/mol. The van der Waals surface area contributed by atoms with Crippen molar-refractivity contribution in [2.24, 2.45) is 18.7 Å². The number of rotatable bonds is 6. The topological polar surface area (TPSA) is 77.0 Å². The summed E-state index contributed by atoms with van der Waals surface area (Å²) in [5.41, 5.74) is 5.55. The van der Waals surface area contributed by atoms with Crippen LogP contribution in [-0.4, -0.2) is 31.7 Å². The van der Waals surface area contributed by atoms with Crippen LogP contribution in [0.25, 0.3) is 0 Å². The van der Waals surface area contributed by atoms with Crippen LogP contribution in [0.15, 0.2) is 5.16 Å². The third-order valence-electron chi connectivity index (χ3n) is 3.59. The molecule has 0 aromatic carbocycles. The van der Waals surface area contributed by atoms with Gasteiger partial charge in [0.2, 0.25) is 0 Å². The Bertz CT molecular complexity index is 376. The van der Waals surface area contributed by atoms with E-state index in [-0.39, 0.29) is 6.10 Å². The van der Waals surface area contributed by atoms with Gasteiger partial charge in [0.25, 0.3) is 0 Å². The molecule has 0 aliphatic heterocycles. The van der Waals surface area contributed by atoms with Crippen LogP contribution in [0.4, 0.5) is 0 Å². The molecule has 3 N–H and O–H groups in total. The Hall–Kier alpha value is -0.590. The number of aromatic nitrogens is 3. The molecule has 0 radical (unpaired) electrons. The fraction of sp³-hybridized carbons (Fsp3) is 0.833. The summed E-state index contributed by atoms with van der Waals surface area (Å²) in [6.45, 7) is 0.398. The average Bonchev–Trinajstić information content (AvgIpc) is 2.97. The van der Waals surface area contributed by atoms with Gasteiger partial charge in [0, 0.05) is 12.8 Å². The maximum Gasteiger partial charge on any atom is 0.191 e. The second-order valence-electron chi connectivity index (χ2n) is 5.01. The Morgan fingerprint density at radius 2 is 2.17 bits per heavy atom. The lowest BCUT2D eigenvalue weighted by Crippen LogP contribution is -2.15. The zero-order valence-corrected chi connectivity index (χ0v) is 11.7. The zero-order valence-electron chi connectivity index (χ0n) is 10.9. The van der Waals surface area contributed by atoms with E-state index in [9.17, 15) is 5.11 Å². The minimum atomic E-state index is -0.240. The highest BCUT2D eigenvalue weighted by molar-refractivity contribution is 7.99. The first-order chi connectivity index (χ1) is 8.70. The molecule has 0 spiro atoms. The zero-order chi connectivity index (χ0) is 13.0. The summed E-state index contributed by atoms with van der Waals surface area (Å²) in [4.78, 5) is 0. The summed E-state index contributed by atoms with van der Waals surface area (Å²) in [6, 6.07) is 0. The van der Waals surface area contributed by atoms with E-state index in [0.717, 1.165) is 23.3 Å². The smallest absolute Gasteiger partial charge is 0.191 e. The van der Waals surface area contributed by atoms with Crippen molar-refractivity contribution in [3.63, 3.8) is 0 Å². The van der Waals surface area contributed by atoms with Crippen molar-refractivity contribution in [2.75, 3.05) is 5.75 Å². The number of hydrogen-bond donors (Lipinski definition) is 2. The van der Waals surface area contributed by atoms with Gasteiger partial charge in [-0.2, -0.15) is 0 Å². The van der Waals surface area contributed by atoms with Gasteiger partial charge in [-0.3, -0.25) is 0 Å². The van der Waals surface area contributed by atoms with Gasteiger partial charge in [0.05, 0.1) is 12.6 Å². The molecule has 6 heteroatoms. The molecule has 1 aromatic rings. The molecule has 1 aliphatic carbocycles. The molecule has 1 aromatic heterocycles. The lowest BCUT2D eigenvalue weighted by atomic mass is 10.0. The number of aliphatic hydroxyl groups is 1. The van der Waals surface area contributed by atoms with Crippen molar-refractivity contribution in [2.45, 2.75) is 49.9 Å². The summed E-state index contributed by atoms with van der Waals surface area (Å²) in [6.07, 6.45) is 5.90. The number of hydrogen-bond acceptors (Lipinski definition) is 5. The van der Waals surface area contributed by atoms with Gasteiger partial charge < -0.3 is 15.4 Å². The van der Waals surface area contributed by atoms with Crippen LogP contribution in [-0.2, 0) is 13.6 Å². The largest absolute Gasteiger partial charge is 0.392 e. The molecular weight excluding hydrogens is 248 g/mol. The Balaban J connectivity index is 1.77. The molecule has 18 heavy (non-hydrogen) atoms. The van der Waals surface area contributed by atoms with Crippen molar-refractivity contribution < 1.29 is 5.11 Å². The summed E-state index contributed by atoms with van der Waals surface area (Å²) in [7, 11) is 1.91. The lowest BCUT2D eigenvalue weighted by Gasteiger charge is -2.14. The van der Waals surface area contributed by atoms with E-state index in [1.165, 1.54) is 25.7 Å². The van der Waals surface area contributed by atoms with Gasteiger partial charge in [0.1, 0.15) is 5.82 Å². The second kappa shape index (κ2) is 6.54. The molecule has 102 valence electrons. The van der Waals surface area contributed by atoms with Gasteiger partial charge in [-0.1, -0.05) is 37.4 Å². The van der Waals surface area contributed by atoms with Gasteiger partial charge >= 0.3 is 0 Å². The van der Waals surface area contributed by atoms with Crippen LogP contribution < -0.4 is 5.73 Å². The van der Waals surface area contributed by atoms with Crippen molar-refractivity contribution in [3.8, 4) is 0 Å². The Kier molecular flexibility index (Phi) is 5.03. The summed E-state index contributed by atoms with van der Waals surface area (Å²) >= 11 is 1.56. The molecule has 0 bridgehead atoms. The number of thioether (sulfide) groups is 1. The number of nitrogens with two attached hydrogens (primary N) is 1. The Labute approximate surface area is 112 Å². The van der Waals surface area contributed by atoms with Crippen molar-refractivity contribution in [1.29, 1.82) is 0 Å². The summed E-state index contributed by atoms with van der Waals surface area (Å²) < 4.78 is 1.90. The van der Waals surface area contributed by atoms with E-state index in [1.54, 1.807) is 11.8 Å². The number of nitrogens with zero attached hydrogens (tertiary/aromatic N) is 3. The van der Waals surface area contributed by atoms with Crippen molar-refractivity contribution in [3.05, 3.63) is 5.82 Å². The molecule has 5 nitrogen and oxygen atoms in total. The van der Waals surface area contributed by atoms with Gasteiger partial charge in [-0.05, 0) is 12.3 Å². The van der Waals surface area contributed by atoms with Crippen LogP contribution in [0.5, 0.6) is 0 Å². The molecule has 0 saturated heterocycles. The third-order valence-corrected chi connectivity index (χ3v) is 4.76. The van der Waals surface area contributed by atoms with E-state index in [4.69, 9.17) is 5.73 Å². The first-order valence-electron chi connectivity index (χ1n) is 6.60. The van der Waals surface area contributed by atoms with Crippen LogP contribution in [0, 0.1) is 5.92 Å². The molecule has 0 amide bonds. The predicted octanol–water partition coefficient (Wildman–Crippen LogP) is 1.31. The molecule has 1 heterocycles. The normalized spacial score (nSPS) is 18.4. The fourth-order valence-electron chi connectivity index (χ4n) is 2.52. The molecule has 1 unspecified atom stereocenters. The second-order valence-corrected chi connectivity index (χ2v) is 6.00.